The van der Waals surface area contributed by atoms with Crippen molar-refractivity contribution in [1.29, 1.82) is 0 Å². The third kappa shape index (κ3) is 2.61. The van der Waals surface area contributed by atoms with Gasteiger partial charge in [0.1, 0.15) is 5.82 Å². The lowest BCUT2D eigenvalue weighted by Crippen LogP contribution is -2.40. The Bertz CT molecular complexity index is 475. The third-order valence-electron chi connectivity index (χ3n) is 4.25. The summed E-state index contributed by atoms with van der Waals surface area (Å²) in [5.41, 5.74) is -0.612. The van der Waals surface area contributed by atoms with E-state index in [0.717, 1.165) is 45.0 Å². The van der Waals surface area contributed by atoms with Crippen LogP contribution in [-0.4, -0.2) is 42.1 Å². The highest BCUT2D eigenvalue weighted by Crippen LogP contribution is 2.37. The lowest BCUT2D eigenvalue weighted by atomic mass is 10.1. The van der Waals surface area contributed by atoms with Crippen LogP contribution >= 0.6 is 0 Å². The van der Waals surface area contributed by atoms with Gasteiger partial charge < -0.3 is 9.80 Å². The fourth-order valence-electron chi connectivity index (χ4n) is 3.23. The second-order valence-electron chi connectivity index (χ2n) is 5.49. The molecule has 20 heavy (non-hydrogen) atoms. The van der Waals surface area contributed by atoms with Crippen LogP contribution < -0.4 is 4.90 Å². The van der Waals surface area contributed by atoms with Crippen molar-refractivity contribution in [3.8, 4) is 0 Å². The van der Waals surface area contributed by atoms with E-state index in [0.29, 0.717) is 6.54 Å². The van der Waals surface area contributed by atoms with Gasteiger partial charge in [-0.15, -0.1) is 0 Å². The van der Waals surface area contributed by atoms with E-state index < -0.39 is 11.7 Å². The highest BCUT2D eigenvalue weighted by Gasteiger charge is 2.38. The van der Waals surface area contributed by atoms with Crippen LogP contribution in [0.4, 0.5) is 19.0 Å². The molecule has 2 saturated heterocycles. The average Bonchev–Trinajstić information content (AvgIpc) is 2.73. The van der Waals surface area contributed by atoms with Gasteiger partial charge in [-0.2, -0.15) is 13.2 Å². The summed E-state index contributed by atoms with van der Waals surface area (Å²) >= 11 is 0. The number of hydrogen-bond donors (Lipinski definition) is 0. The van der Waals surface area contributed by atoms with Gasteiger partial charge in [-0.05, 0) is 37.9 Å². The minimum atomic E-state index is -4.34. The molecule has 2 aliphatic rings. The highest BCUT2D eigenvalue weighted by molar-refractivity contribution is 5.49. The topological polar surface area (TPSA) is 19.4 Å². The van der Waals surface area contributed by atoms with Gasteiger partial charge in [-0.3, -0.25) is 0 Å². The minimum absolute atomic E-state index is 0.105. The van der Waals surface area contributed by atoms with Crippen LogP contribution in [0.25, 0.3) is 0 Å². The van der Waals surface area contributed by atoms with Gasteiger partial charge in [0.15, 0.2) is 0 Å². The molecule has 2 bridgehead atoms. The quantitative estimate of drug-likeness (QED) is 0.791. The molecule has 2 aliphatic heterocycles. The molecule has 2 atom stereocenters. The summed E-state index contributed by atoms with van der Waals surface area (Å²) in [7, 11) is 0. The Kier molecular flexibility index (Phi) is 3.58. The predicted molar refractivity (Wildman–Crippen MR) is 70.7 cm³/mol. The van der Waals surface area contributed by atoms with Crippen LogP contribution in [0, 0.1) is 0 Å². The summed E-state index contributed by atoms with van der Waals surface area (Å²) in [5.74, 6) is 0.105. The SMILES string of the molecule is FC(F)(F)c1cccnc1N1CCN2CCCC1CC2. The zero-order chi connectivity index (χ0) is 14.2. The number of alkyl halides is 3. The molecule has 2 fully saturated rings. The summed E-state index contributed by atoms with van der Waals surface area (Å²) in [5, 5.41) is 0. The number of fused-ring (bicyclic) bond motifs is 3. The number of halogens is 3. The normalized spacial score (nSPS) is 27.2. The minimum Gasteiger partial charge on any atom is -0.352 e. The van der Waals surface area contributed by atoms with Gasteiger partial charge in [0.25, 0.3) is 0 Å². The molecule has 0 radical (unpaired) electrons. The second-order valence-corrected chi connectivity index (χ2v) is 5.49. The fourth-order valence-corrected chi connectivity index (χ4v) is 3.23. The largest absolute Gasteiger partial charge is 0.419 e. The van der Waals surface area contributed by atoms with Crippen molar-refractivity contribution in [1.82, 2.24) is 9.88 Å². The van der Waals surface area contributed by atoms with Crippen LogP contribution in [-0.2, 0) is 6.18 Å². The van der Waals surface area contributed by atoms with Crippen molar-refractivity contribution in [3.63, 3.8) is 0 Å². The Balaban J connectivity index is 1.96. The molecule has 3 rings (SSSR count). The fraction of sp³-hybridized carbons (Fsp3) is 0.643. The standard InChI is InChI=1S/C14H18F3N3/c15-14(16,17)12-4-1-6-18-13(12)20-10-9-19-7-2-3-11(20)5-8-19/h1,4,6,11H,2-3,5,7-10H2. The Morgan fingerprint density at radius 2 is 1.95 bits per heavy atom. The zero-order valence-electron chi connectivity index (χ0n) is 11.2. The van der Waals surface area contributed by atoms with Crippen molar-refractivity contribution in [2.75, 3.05) is 31.1 Å². The third-order valence-corrected chi connectivity index (χ3v) is 4.25. The van der Waals surface area contributed by atoms with Gasteiger partial charge in [0, 0.05) is 31.9 Å². The van der Waals surface area contributed by atoms with Crippen molar-refractivity contribution >= 4 is 5.82 Å². The van der Waals surface area contributed by atoms with E-state index in [4.69, 9.17) is 0 Å². The monoisotopic (exact) mass is 285 g/mol. The summed E-state index contributed by atoms with van der Waals surface area (Å²) < 4.78 is 39.4. The first-order valence-corrected chi connectivity index (χ1v) is 7.07. The molecule has 0 aromatic carbocycles. The number of aromatic nitrogens is 1. The molecule has 0 spiro atoms. The van der Waals surface area contributed by atoms with E-state index in [9.17, 15) is 13.2 Å². The second kappa shape index (κ2) is 5.24. The van der Waals surface area contributed by atoms with E-state index in [1.807, 2.05) is 4.90 Å². The molecule has 1 aromatic rings. The first-order chi connectivity index (χ1) is 9.55. The van der Waals surface area contributed by atoms with Crippen molar-refractivity contribution < 1.29 is 13.2 Å². The van der Waals surface area contributed by atoms with E-state index in [-0.39, 0.29) is 11.9 Å². The van der Waals surface area contributed by atoms with E-state index in [2.05, 4.69) is 9.88 Å². The molecule has 0 amide bonds. The molecular formula is C14H18F3N3. The van der Waals surface area contributed by atoms with Gasteiger partial charge >= 0.3 is 6.18 Å². The van der Waals surface area contributed by atoms with E-state index in [1.165, 1.54) is 12.3 Å². The number of rotatable bonds is 1. The zero-order valence-corrected chi connectivity index (χ0v) is 11.2. The van der Waals surface area contributed by atoms with Crippen molar-refractivity contribution in [2.45, 2.75) is 31.5 Å². The van der Waals surface area contributed by atoms with E-state index in [1.54, 1.807) is 0 Å². The number of pyridine rings is 1. The Morgan fingerprint density at radius 3 is 2.75 bits per heavy atom. The summed E-state index contributed by atoms with van der Waals surface area (Å²) in [6.07, 6.45) is 0.0356. The molecule has 6 heteroatoms. The first-order valence-electron chi connectivity index (χ1n) is 7.07. The summed E-state index contributed by atoms with van der Waals surface area (Å²) in [6.45, 7) is 3.50. The van der Waals surface area contributed by atoms with Crippen LogP contribution in [0.15, 0.2) is 18.3 Å². The molecule has 1 aromatic heterocycles. The maximum Gasteiger partial charge on any atom is 0.419 e. The molecule has 3 heterocycles. The van der Waals surface area contributed by atoms with Crippen LogP contribution in [0.2, 0.25) is 0 Å². The summed E-state index contributed by atoms with van der Waals surface area (Å²) in [4.78, 5) is 8.27. The van der Waals surface area contributed by atoms with Gasteiger partial charge in [-0.1, -0.05) is 0 Å². The predicted octanol–water partition coefficient (Wildman–Crippen LogP) is 2.77. The summed E-state index contributed by atoms with van der Waals surface area (Å²) in [6, 6.07) is 2.67. The molecule has 110 valence electrons. The number of nitrogens with zero attached hydrogens (tertiary/aromatic N) is 3. The highest BCUT2D eigenvalue weighted by atomic mass is 19.4. The van der Waals surface area contributed by atoms with Crippen molar-refractivity contribution in [3.05, 3.63) is 23.9 Å². The van der Waals surface area contributed by atoms with Crippen LogP contribution in [0.1, 0.15) is 24.8 Å². The number of hydrogen-bond acceptors (Lipinski definition) is 3. The maximum absolute atomic E-state index is 13.1. The molecule has 2 unspecified atom stereocenters. The van der Waals surface area contributed by atoms with E-state index >= 15 is 0 Å². The smallest absolute Gasteiger partial charge is 0.352 e. The van der Waals surface area contributed by atoms with Crippen molar-refractivity contribution in [2.24, 2.45) is 0 Å². The average molecular weight is 285 g/mol. The van der Waals surface area contributed by atoms with Crippen LogP contribution in [0.3, 0.4) is 0 Å². The molecule has 0 aliphatic carbocycles. The van der Waals surface area contributed by atoms with Gasteiger partial charge in [0.05, 0.1) is 5.56 Å². The van der Waals surface area contributed by atoms with Crippen LogP contribution in [0.5, 0.6) is 0 Å². The molecule has 0 N–H and O–H groups in total. The lowest BCUT2D eigenvalue weighted by molar-refractivity contribution is -0.137. The molecule has 3 nitrogen and oxygen atoms in total. The first kappa shape index (κ1) is 13.7. The van der Waals surface area contributed by atoms with Gasteiger partial charge in [-0.25, -0.2) is 4.98 Å². The maximum atomic E-state index is 13.1. The Hall–Kier alpha value is -1.30. The molecule has 0 saturated carbocycles. The Labute approximate surface area is 116 Å². The lowest BCUT2D eigenvalue weighted by Gasteiger charge is -2.33. The molecular weight excluding hydrogens is 267 g/mol. The van der Waals surface area contributed by atoms with Gasteiger partial charge in [0.2, 0.25) is 0 Å². The number of anilines is 1. The Morgan fingerprint density at radius 1 is 1.10 bits per heavy atom.